The van der Waals surface area contributed by atoms with Crippen LogP contribution in [0.25, 0.3) is 6.08 Å². The zero-order chi connectivity index (χ0) is 21.7. The molecule has 1 aliphatic heterocycles. The molecule has 0 aliphatic carbocycles. The lowest BCUT2D eigenvalue weighted by atomic mass is 10.2. The molecule has 0 saturated carbocycles. The van der Waals surface area contributed by atoms with Crippen LogP contribution in [-0.2, 0) is 9.59 Å². The Balaban J connectivity index is 1.85. The SMILES string of the molecule is CCOc1cc(/C=C2\SC(=Nc3ccc(Cl)cc3)NC2=O)cc(Br)c1OCC(N)=O. The summed E-state index contributed by atoms with van der Waals surface area (Å²) in [5.41, 5.74) is 6.54. The molecule has 2 amide bonds. The van der Waals surface area contributed by atoms with Gasteiger partial charge >= 0.3 is 0 Å². The third-order valence-corrected chi connectivity index (χ3v) is 5.45. The van der Waals surface area contributed by atoms with Gasteiger partial charge in [0, 0.05) is 5.02 Å². The zero-order valence-corrected chi connectivity index (χ0v) is 18.9. The molecular weight excluding hydrogens is 494 g/mol. The largest absolute Gasteiger partial charge is 0.490 e. The molecule has 3 rings (SSSR count). The molecule has 7 nitrogen and oxygen atoms in total. The summed E-state index contributed by atoms with van der Waals surface area (Å²) in [5, 5.41) is 3.82. The number of amides is 2. The van der Waals surface area contributed by atoms with Gasteiger partial charge in [-0.2, -0.15) is 0 Å². The van der Waals surface area contributed by atoms with Crippen LogP contribution in [-0.4, -0.2) is 30.2 Å². The Morgan fingerprint density at radius 3 is 2.70 bits per heavy atom. The number of carbonyl (C=O) groups is 2. The van der Waals surface area contributed by atoms with Crippen LogP contribution in [0.4, 0.5) is 5.69 Å². The highest BCUT2D eigenvalue weighted by Gasteiger charge is 2.24. The molecule has 0 unspecified atom stereocenters. The summed E-state index contributed by atoms with van der Waals surface area (Å²) in [7, 11) is 0. The number of carbonyl (C=O) groups excluding carboxylic acids is 2. The monoisotopic (exact) mass is 509 g/mol. The molecular formula is C20H17BrClN3O4S. The van der Waals surface area contributed by atoms with Crippen molar-refractivity contribution >= 4 is 68.0 Å². The quantitative estimate of drug-likeness (QED) is 0.542. The van der Waals surface area contributed by atoms with Crippen LogP contribution in [0.5, 0.6) is 11.5 Å². The van der Waals surface area contributed by atoms with E-state index in [1.165, 1.54) is 11.8 Å². The number of halogens is 2. The second-order valence-corrected chi connectivity index (χ2v) is 8.30. The summed E-state index contributed by atoms with van der Waals surface area (Å²) < 4.78 is 11.6. The maximum atomic E-state index is 12.4. The molecule has 1 fully saturated rings. The van der Waals surface area contributed by atoms with E-state index in [1.807, 2.05) is 6.92 Å². The van der Waals surface area contributed by atoms with Crippen molar-refractivity contribution in [2.75, 3.05) is 13.2 Å². The Hall–Kier alpha value is -2.49. The molecule has 156 valence electrons. The standard InChI is InChI=1S/C20H17BrClN3O4S/c1-2-28-15-8-11(7-14(21)18(15)29-10-17(23)26)9-16-19(27)25-20(30-16)24-13-5-3-12(22)4-6-13/h3-9H,2,10H2,1H3,(H2,23,26)(H,24,25,27)/b16-9-. The minimum absolute atomic E-state index is 0.254. The fourth-order valence-electron chi connectivity index (χ4n) is 2.48. The van der Waals surface area contributed by atoms with Crippen LogP contribution in [0.1, 0.15) is 12.5 Å². The van der Waals surface area contributed by atoms with Crippen molar-refractivity contribution in [1.29, 1.82) is 0 Å². The predicted molar refractivity (Wildman–Crippen MR) is 122 cm³/mol. The summed E-state index contributed by atoms with van der Waals surface area (Å²) in [4.78, 5) is 28.3. The van der Waals surface area contributed by atoms with Crippen LogP contribution in [0.15, 0.2) is 50.8 Å². The minimum Gasteiger partial charge on any atom is -0.490 e. The number of nitrogens with two attached hydrogens (primary N) is 1. The first-order chi connectivity index (χ1) is 14.4. The summed E-state index contributed by atoms with van der Waals surface area (Å²) in [6, 6.07) is 10.5. The number of rotatable bonds is 7. The van der Waals surface area contributed by atoms with Crippen molar-refractivity contribution in [3.8, 4) is 11.5 Å². The minimum atomic E-state index is -0.595. The number of aliphatic imine (C=N–C) groups is 1. The Labute approximate surface area is 190 Å². The van der Waals surface area contributed by atoms with Gasteiger partial charge in [-0.1, -0.05) is 11.6 Å². The van der Waals surface area contributed by atoms with E-state index < -0.39 is 5.91 Å². The number of thioether (sulfide) groups is 1. The van der Waals surface area contributed by atoms with E-state index in [-0.39, 0.29) is 12.5 Å². The smallest absolute Gasteiger partial charge is 0.264 e. The topological polar surface area (TPSA) is 103 Å². The van der Waals surface area contributed by atoms with E-state index in [4.69, 9.17) is 26.8 Å². The molecule has 1 heterocycles. The van der Waals surface area contributed by atoms with Crippen molar-refractivity contribution in [2.45, 2.75) is 6.92 Å². The van der Waals surface area contributed by atoms with Crippen molar-refractivity contribution in [3.05, 3.63) is 56.4 Å². The maximum absolute atomic E-state index is 12.4. The highest BCUT2D eigenvalue weighted by atomic mass is 79.9. The normalized spacial score (nSPS) is 16.0. The molecule has 1 saturated heterocycles. The van der Waals surface area contributed by atoms with Crippen LogP contribution in [0, 0.1) is 0 Å². The number of ether oxygens (including phenoxy) is 2. The molecule has 10 heteroatoms. The van der Waals surface area contributed by atoms with Gasteiger partial charge in [-0.3, -0.25) is 9.59 Å². The average molecular weight is 511 g/mol. The second kappa shape index (κ2) is 10.0. The van der Waals surface area contributed by atoms with Gasteiger partial charge in [0.05, 0.1) is 21.7 Å². The van der Waals surface area contributed by atoms with Gasteiger partial charge in [0.25, 0.3) is 11.8 Å². The fraction of sp³-hybridized carbons (Fsp3) is 0.150. The van der Waals surface area contributed by atoms with Crippen molar-refractivity contribution < 1.29 is 19.1 Å². The molecule has 2 aromatic rings. The Morgan fingerprint density at radius 1 is 1.30 bits per heavy atom. The maximum Gasteiger partial charge on any atom is 0.264 e. The van der Waals surface area contributed by atoms with Gasteiger partial charge in [0.2, 0.25) is 0 Å². The van der Waals surface area contributed by atoms with Crippen molar-refractivity contribution in [2.24, 2.45) is 10.7 Å². The number of amidine groups is 1. The van der Waals surface area contributed by atoms with E-state index in [2.05, 4.69) is 26.2 Å². The van der Waals surface area contributed by atoms with Crippen LogP contribution < -0.4 is 20.5 Å². The molecule has 30 heavy (non-hydrogen) atoms. The van der Waals surface area contributed by atoms with E-state index in [9.17, 15) is 9.59 Å². The molecule has 1 aliphatic rings. The number of nitrogens with zero attached hydrogens (tertiary/aromatic N) is 1. The van der Waals surface area contributed by atoms with Crippen molar-refractivity contribution in [1.82, 2.24) is 5.32 Å². The number of hydrogen-bond donors (Lipinski definition) is 2. The van der Waals surface area contributed by atoms with E-state index >= 15 is 0 Å². The summed E-state index contributed by atoms with van der Waals surface area (Å²) in [6.07, 6.45) is 1.72. The van der Waals surface area contributed by atoms with E-state index in [0.29, 0.717) is 48.9 Å². The Bertz CT molecular complexity index is 1040. The molecule has 2 aromatic carbocycles. The molecule has 0 atom stereocenters. The molecule has 0 radical (unpaired) electrons. The molecule has 0 spiro atoms. The van der Waals surface area contributed by atoms with Crippen LogP contribution in [0.3, 0.4) is 0 Å². The predicted octanol–water partition coefficient (Wildman–Crippen LogP) is 4.26. The zero-order valence-electron chi connectivity index (χ0n) is 15.8. The van der Waals surface area contributed by atoms with Gasteiger partial charge in [-0.15, -0.1) is 0 Å². The average Bonchev–Trinajstić information content (AvgIpc) is 3.02. The van der Waals surface area contributed by atoms with E-state index in [0.717, 1.165) is 0 Å². The summed E-state index contributed by atoms with van der Waals surface area (Å²) >= 11 is 10.5. The van der Waals surface area contributed by atoms with Gasteiger partial charge in [-0.25, -0.2) is 4.99 Å². The lowest BCUT2D eigenvalue weighted by molar-refractivity contribution is -0.120. The number of hydrogen-bond acceptors (Lipinski definition) is 6. The fourth-order valence-corrected chi connectivity index (χ4v) is 4.02. The molecule has 0 aromatic heterocycles. The Morgan fingerprint density at radius 2 is 2.03 bits per heavy atom. The lowest BCUT2D eigenvalue weighted by Gasteiger charge is -2.13. The number of benzene rings is 2. The van der Waals surface area contributed by atoms with Gasteiger partial charge in [0.15, 0.2) is 23.3 Å². The number of primary amides is 1. The highest BCUT2D eigenvalue weighted by Crippen LogP contribution is 2.38. The highest BCUT2D eigenvalue weighted by molar-refractivity contribution is 9.10. The van der Waals surface area contributed by atoms with Crippen molar-refractivity contribution in [3.63, 3.8) is 0 Å². The van der Waals surface area contributed by atoms with Gasteiger partial charge in [-0.05, 0) is 82.7 Å². The second-order valence-electron chi connectivity index (χ2n) is 5.98. The van der Waals surface area contributed by atoms with Crippen LogP contribution in [0.2, 0.25) is 5.02 Å². The first-order valence-electron chi connectivity index (χ1n) is 8.78. The van der Waals surface area contributed by atoms with Crippen LogP contribution >= 0.6 is 39.3 Å². The third-order valence-electron chi connectivity index (χ3n) is 3.70. The molecule has 0 bridgehead atoms. The van der Waals surface area contributed by atoms with Gasteiger partial charge < -0.3 is 20.5 Å². The van der Waals surface area contributed by atoms with E-state index in [1.54, 1.807) is 42.5 Å². The van der Waals surface area contributed by atoms with Gasteiger partial charge in [0.1, 0.15) is 0 Å². The Kier molecular flexibility index (Phi) is 7.41. The first kappa shape index (κ1) is 22.2. The lowest BCUT2D eigenvalue weighted by Crippen LogP contribution is -2.20. The summed E-state index contributed by atoms with van der Waals surface area (Å²) in [6.45, 7) is 1.95. The molecule has 3 N–H and O–H groups in total. The number of nitrogens with one attached hydrogen (secondary N) is 1. The first-order valence-corrected chi connectivity index (χ1v) is 10.8. The third kappa shape index (κ3) is 5.78. The summed E-state index contributed by atoms with van der Waals surface area (Å²) in [5.74, 6) is -0.0531.